The molecule has 2 heterocycles. The highest BCUT2D eigenvalue weighted by molar-refractivity contribution is 6.31. The van der Waals surface area contributed by atoms with E-state index in [0.29, 0.717) is 6.04 Å². The molecule has 2 aromatic rings. The molecule has 1 aliphatic rings. The van der Waals surface area contributed by atoms with Crippen LogP contribution in [0.5, 0.6) is 0 Å². The Morgan fingerprint density at radius 3 is 3.06 bits per heavy atom. The second-order valence-electron chi connectivity index (χ2n) is 4.94. The zero-order chi connectivity index (χ0) is 12.5. The lowest BCUT2D eigenvalue weighted by molar-refractivity contribution is 0.481. The summed E-state index contributed by atoms with van der Waals surface area (Å²) in [5, 5.41) is 11.4. The molecule has 0 amide bonds. The number of halogens is 1. The summed E-state index contributed by atoms with van der Waals surface area (Å²) in [4.78, 5) is 2.37. The normalized spacial score (nSPS) is 20.3. The second-order valence-corrected chi connectivity index (χ2v) is 5.37. The molecule has 3 nitrogen and oxygen atoms in total. The SMILES string of the molecule is C[C@H]1CCCCN1c1nncc2cc(Cl)ccc12. The third-order valence-electron chi connectivity index (χ3n) is 3.68. The van der Waals surface area contributed by atoms with Crippen molar-refractivity contribution in [3.63, 3.8) is 0 Å². The summed E-state index contributed by atoms with van der Waals surface area (Å²) in [6.45, 7) is 3.33. The van der Waals surface area contributed by atoms with Gasteiger partial charge in [0.2, 0.25) is 0 Å². The molecule has 1 atom stereocenters. The first-order valence-corrected chi connectivity index (χ1v) is 6.81. The fraction of sp³-hybridized carbons (Fsp3) is 0.429. The molecule has 1 aromatic heterocycles. The van der Waals surface area contributed by atoms with Gasteiger partial charge in [-0.15, -0.1) is 5.10 Å². The first-order valence-electron chi connectivity index (χ1n) is 6.43. The van der Waals surface area contributed by atoms with Gasteiger partial charge < -0.3 is 4.90 Å². The lowest BCUT2D eigenvalue weighted by Gasteiger charge is -2.34. The van der Waals surface area contributed by atoms with Gasteiger partial charge in [0.15, 0.2) is 5.82 Å². The van der Waals surface area contributed by atoms with Gasteiger partial charge in [0.1, 0.15) is 0 Å². The molecule has 0 N–H and O–H groups in total. The minimum atomic E-state index is 0.536. The number of rotatable bonds is 1. The third kappa shape index (κ3) is 2.03. The molecule has 1 saturated heterocycles. The Kier molecular flexibility index (Phi) is 3.08. The highest BCUT2D eigenvalue weighted by Gasteiger charge is 2.21. The van der Waals surface area contributed by atoms with Crippen LogP contribution in [-0.2, 0) is 0 Å². The van der Waals surface area contributed by atoms with E-state index in [1.807, 2.05) is 18.2 Å². The zero-order valence-electron chi connectivity index (χ0n) is 10.4. The predicted octanol–water partition coefficient (Wildman–Crippen LogP) is 3.66. The molecule has 1 fully saturated rings. The van der Waals surface area contributed by atoms with E-state index in [2.05, 4.69) is 22.0 Å². The number of hydrogen-bond donors (Lipinski definition) is 0. The van der Waals surface area contributed by atoms with Crippen molar-refractivity contribution in [1.82, 2.24) is 10.2 Å². The Bertz CT molecular complexity index is 570. The van der Waals surface area contributed by atoms with Crippen LogP contribution in [0.25, 0.3) is 10.8 Å². The number of hydrogen-bond acceptors (Lipinski definition) is 3. The van der Waals surface area contributed by atoms with E-state index in [1.54, 1.807) is 6.20 Å². The van der Waals surface area contributed by atoms with Crippen LogP contribution in [0.2, 0.25) is 5.02 Å². The Morgan fingerprint density at radius 1 is 1.33 bits per heavy atom. The van der Waals surface area contributed by atoms with Crippen LogP contribution in [0.4, 0.5) is 5.82 Å². The minimum Gasteiger partial charge on any atom is -0.352 e. The van der Waals surface area contributed by atoms with E-state index in [-0.39, 0.29) is 0 Å². The molecular weight excluding hydrogens is 246 g/mol. The molecule has 1 aromatic carbocycles. The Balaban J connectivity index is 2.10. The average molecular weight is 262 g/mol. The van der Waals surface area contributed by atoms with Crippen molar-refractivity contribution >= 4 is 28.2 Å². The van der Waals surface area contributed by atoms with Crippen molar-refractivity contribution in [2.75, 3.05) is 11.4 Å². The monoisotopic (exact) mass is 261 g/mol. The van der Waals surface area contributed by atoms with Crippen LogP contribution in [0, 0.1) is 0 Å². The van der Waals surface area contributed by atoms with Crippen LogP contribution >= 0.6 is 11.6 Å². The lowest BCUT2D eigenvalue weighted by atomic mass is 10.0. The largest absolute Gasteiger partial charge is 0.352 e. The van der Waals surface area contributed by atoms with Crippen LogP contribution in [-0.4, -0.2) is 22.8 Å². The summed E-state index contributed by atoms with van der Waals surface area (Å²) in [6, 6.07) is 6.45. The van der Waals surface area contributed by atoms with E-state index in [9.17, 15) is 0 Å². The van der Waals surface area contributed by atoms with Crippen molar-refractivity contribution in [3.8, 4) is 0 Å². The topological polar surface area (TPSA) is 29.0 Å². The Hall–Kier alpha value is -1.35. The summed E-state index contributed by atoms with van der Waals surface area (Å²) >= 11 is 6.02. The van der Waals surface area contributed by atoms with Gasteiger partial charge in [0.05, 0.1) is 6.20 Å². The molecule has 1 aliphatic heterocycles. The van der Waals surface area contributed by atoms with Gasteiger partial charge in [0, 0.05) is 28.4 Å². The molecule has 0 bridgehead atoms. The molecule has 0 unspecified atom stereocenters. The fourth-order valence-corrected chi connectivity index (χ4v) is 2.85. The van der Waals surface area contributed by atoms with E-state index < -0.39 is 0 Å². The summed E-state index contributed by atoms with van der Waals surface area (Å²) in [5.74, 6) is 0.997. The quantitative estimate of drug-likeness (QED) is 0.784. The van der Waals surface area contributed by atoms with Gasteiger partial charge in [-0.1, -0.05) is 11.6 Å². The van der Waals surface area contributed by atoms with Crippen LogP contribution < -0.4 is 4.90 Å². The number of benzene rings is 1. The van der Waals surface area contributed by atoms with E-state index in [1.165, 1.54) is 19.3 Å². The second kappa shape index (κ2) is 4.73. The summed E-state index contributed by atoms with van der Waals surface area (Å²) < 4.78 is 0. The van der Waals surface area contributed by atoms with Crippen molar-refractivity contribution < 1.29 is 0 Å². The smallest absolute Gasteiger partial charge is 0.159 e. The highest BCUT2D eigenvalue weighted by atomic mass is 35.5. The summed E-state index contributed by atoms with van der Waals surface area (Å²) in [5.41, 5.74) is 0. The lowest BCUT2D eigenvalue weighted by Crippen LogP contribution is -2.38. The van der Waals surface area contributed by atoms with Crippen molar-refractivity contribution in [2.24, 2.45) is 0 Å². The molecule has 0 saturated carbocycles. The van der Waals surface area contributed by atoms with Crippen molar-refractivity contribution in [1.29, 1.82) is 0 Å². The number of anilines is 1. The van der Waals surface area contributed by atoms with Crippen molar-refractivity contribution in [2.45, 2.75) is 32.2 Å². The molecule has 4 heteroatoms. The summed E-state index contributed by atoms with van der Waals surface area (Å²) in [6.07, 6.45) is 5.54. The number of nitrogens with zero attached hydrogens (tertiary/aromatic N) is 3. The van der Waals surface area contributed by atoms with Gasteiger partial charge in [-0.05, 0) is 44.4 Å². The maximum Gasteiger partial charge on any atom is 0.159 e. The first kappa shape index (κ1) is 11.7. The minimum absolute atomic E-state index is 0.536. The van der Waals surface area contributed by atoms with Crippen LogP contribution in [0.15, 0.2) is 24.4 Å². The standard InChI is InChI=1S/C14H16ClN3/c1-10-4-2-3-7-18(10)14-13-6-5-12(15)8-11(13)9-16-17-14/h5-6,8-10H,2-4,7H2,1H3/t10-/m0/s1. The zero-order valence-corrected chi connectivity index (χ0v) is 11.2. The maximum absolute atomic E-state index is 6.02. The van der Waals surface area contributed by atoms with Gasteiger partial charge in [-0.3, -0.25) is 0 Å². The van der Waals surface area contributed by atoms with E-state index >= 15 is 0 Å². The Labute approximate surface area is 112 Å². The molecule has 0 radical (unpaired) electrons. The molecule has 0 spiro atoms. The predicted molar refractivity (Wildman–Crippen MR) is 75.2 cm³/mol. The number of aromatic nitrogens is 2. The summed E-state index contributed by atoms with van der Waals surface area (Å²) in [7, 11) is 0. The molecular formula is C14H16ClN3. The van der Waals surface area contributed by atoms with E-state index in [0.717, 1.165) is 28.2 Å². The molecule has 94 valence electrons. The molecule has 18 heavy (non-hydrogen) atoms. The first-order chi connectivity index (χ1) is 8.75. The van der Waals surface area contributed by atoms with Crippen LogP contribution in [0.3, 0.4) is 0 Å². The van der Waals surface area contributed by atoms with Gasteiger partial charge in [-0.2, -0.15) is 5.10 Å². The average Bonchev–Trinajstić information content (AvgIpc) is 2.38. The van der Waals surface area contributed by atoms with Gasteiger partial charge >= 0.3 is 0 Å². The van der Waals surface area contributed by atoms with Gasteiger partial charge in [0.25, 0.3) is 0 Å². The fourth-order valence-electron chi connectivity index (χ4n) is 2.67. The molecule has 0 aliphatic carbocycles. The third-order valence-corrected chi connectivity index (χ3v) is 3.91. The molecule has 3 rings (SSSR count). The van der Waals surface area contributed by atoms with E-state index in [4.69, 9.17) is 11.6 Å². The number of piperidine rings is 1. The van der Waals surface area contributed by atoms with Crippen LogP contribution in [0.1, 0.15) is 26.2 Å². The highest BCUT2D eigenvalue weighted by Crippen LogP contribution is 2.30. The van der Waals surface area contributed by atoms with Crippen molar-refractivity contribution in [3.05, 3.63) is 29.4 Å². The number of fused-ring (bicyclic) bond motifs is 1. The maximum atomic E-state index is 6.02. The Morgan fingerprint density at radius 2 is 2.22 bits per heavy atom. The van der Waals surface area contributed by atoms with Gasteiger partial charge in [-0.25, -0.2) is 0 Å².